The fraction of sp³-hybridized carbons (Fsp3) is 0.348. The lowest BCUT2D eigenvalue weighted by Gasteiger charge is -2.34. The first-order valence-electron chi connectivity index (χ1n) is 10.3. The lowest BCUT2D eigenvalue weighted by molar-refractivity contribution is -0.139. The summed E-state index contributed by atoms with van der Waals surface area (Å²) in [5, 5.41) is 5.74. The van der Waals surface area contributed by atoms with E-state index in [0.717, 1.165) is 17.3 Å². The van der Waals surface area contributed by atoms with E-state index in [9.17, 15) is 14.4 Å². The predicted molar refractivity (Wildman–Crippen MR) is 124 cm³/mol. The summed E-state index contributed by atoms with van der Waals surface area (Å²) in [6.45, 7) is 2.65. The molecular formula is C23H27BrN4O3. The Bertz CT molecular complexity index is 905. The predicted octanol–water partition coefficient (Wildman–Crippen LogP) is 3.26. The number of rotatable bonds is 7. The van der Waals surface area contributed by atoms with Gasteiger partial charge in [0.25, 0.3) is 0 Å². The second kappa shape index (κ2) is 10.9. The molecule has 2 N–H and O–H groups in total. The molecule has 3 rings (SSSR count). The summed E-state index contributed by atoms with van der Waals surface area (Å²) in [7, 11) is 0. The molecule has 1 aliphatic rings. The van der Waals surface area contributed by atoms with Gasteiger partial charge in [-0.05, 0) is 49.6 Å². The molecule has 1 aliphatic heterocycles. The van der Waals surface area contributed by atoms with Crippen LogP contribution in [0.25, 0.3) is 0 Å². The molecule has 1 heterocycles. The van der Waals surface area contributed by atoms with Gasteiger partial charge < -0.3 is 20.4 Å². The molecule has 0 saturated carbocycles. The number of piperazine rings is 1. The van der Waals surface area contributed by atoms with Crippen LogP contribution in [0.5, 0.6) is 0 Å². The summed E-state index contributed by atoms with van der Waals surface area (Å²) in [4.78, 5) is 40.2. The Balaban J connectivity index is 1.40. The number of halogens is 1. The number of hydrogen-bond donors (Lipinski definition) is 2. The highest BCUT2D eigenvalue weighted by atomic mass is 79.9. The van der Waals surface area contributed by atoms with Crippen LogP contribution in [0.3, 0.4) is 0 Å². The molecule has 7 nitrogen and oxygen atoms in total. The summed E-state index contributed by atoms with van der Waals surface area (Å²) in [5.74, 6) is -0.411. The van der Waals surface area contributed by atoms with Crippen LogP contribution in [-0.4, -0.2) is 59.9 Å². The maximum atomic E-state index is 12.5. The molecule has 2 aromatic carbocycles. The van der Waals surface area contributed by atoms with Gasteiger partial charge in [0.2, 0.25) is 11.8 Å². The van der Waals surface area contributed by atoms with Gasteiger partial charge in [-0.25, -0.2) is 4.79 Å². The molecule has 0 bridgehead atoms. The zero-order valence-corrected chi connectivity index (χ0v) is 19.1. The Labute approximate surface area is 190 Å². The van der Waals surface area contributed by atoms with Crippen LogP contribution in [-0.2, 0) is 16.0 Å². The number of carbonyl (C=O) groups excluding carboxylic acids is 3. The molecule has 164 valence electrons. The van der Waals surface area contributed by atoms with Crippen LogP contribution in [0.2, 0.25) is 0 Å². The third kappa shape index (κ3) is 7.10. The lowest BCUT2D eigenvalue weighted by atomic mass is 10.1. The van der Waals surface area contributed by atoms with Crippen molar-refractivity contribution in [2.75, 3.05) is 31.5 Å². The average molecular weight is 487 g/mol. The van der Waals surface area contributed by atoms with Crippen molar-refractivity contribution in [2.45, 2.75) is 25.8 Å². The van der Waals surface area contributed by atoms with E-state index in [1.807, 2.05) is 37.3 Å². The van der Waals surface area contributed by atoms with Gasteiger partial charge in [-0.3, -0.25) is 9.59 Å². The molecule has 0 aliphatic carbocycles. The number of urea groups is 1. The van der Waals surface area contributed by atoms with E-state index in [2.05, 4.69) is 38.7 Å². The number of benzene rings is 2. The normalized spacial score (nSPS) is 14.8. The van der Waals surface area contributed by atoms with Gasteiger partial charge in [-0.1, -0.05) is 46.3 Å². The van der Waals surface area contributed by atoms with Crippen molar-refractivity contribution in [1.82, 2.24) is 15.1 Å². The van der Waals surface area contributed by atoms with Crippen LogP contribution < -0.4 is 10.6 Å². The molecule has 1 atom stereocenters. The zero-order valence-electron chi connectivity index (χ0n) is 17.5. The van der Waals surface area contributed by atoms with Crippen molar-refractivity contribution < 1.29 is 14.4 Å². The summed E-state index contributed by atoms with van der Waals surface area (Å²) < 4.78 is 0.918. The molecule has 4 amide bonds. The van der Waals surface area contributed by atoms with Crippen LogP contribution in [0.1, 0.15) is 18.9 Å². The van der Waals surface area contributed by atoms with Crippen molar-refractivity contribution in [1.29, 1.82) is 0 Å². The number of nitrogens with one attached hydrogen (secondary N) is 2. The summed E-state index contributed by atoms with van der Waals surface area (Å²) in [6.07, 6.45) is 1.71. The highest BCUT2D eigenvalue weighted by Gasteiger charge is 2.28. The molecule has 8 heteroatoms. The maximum Gasteiger partial charge on any atom is 0.322 e. The zero-order chi connectivity index (χ0) is 22.2. The van der Waals surface area contributed by atoms with Gasteiger partial charge in [-0.2, -0.15) is 0 Å². The first-order valence-corrected chi connectivity index (χ1v) is 11.1. The number of aryl methyl sites for hydroxylation is 1. The fourth-order valence-electron chi connectivity index (χ4n) is 3.38. The van der Waals surface area contributed by atoms with E-state index in [1.54, 1.807) is 12.1 Å². The first kappa shape index (κ1) is 22.8. The topological polar surface area (TPSA) is 81.8 Å². The molecule has 0 radical (unpaired) electrons. The molecule has 0 unspecified atom stereocenters. The summed E-state index contributed by atoms with van der Waals surface area (Å²) in [6, 6.07) is 17.0. The molecule has 1 fully saturated rings. The molecule has 1 saturated heterocycles. The minimum atomic E-state index is -0.325. The number of amides is 4. The SMILES string of the molecule is C[C@@H](CCc1ccccc1)NC(=O)CN1CCN(C(=O)Nc2ccc(Br)cc2)CC1=O. The van der Waals surface area contributed by atoms with Crippen LogP contribution in [0.4, 0.5) is 10.5 Å². The van der Waals surface area contributed by atoms with Crippen molar-refractivity contribution in [3.8, 4) is 0 Å². The minimum Gasteiger partial charge on any atom is -0.352 e. The highest BCUT2D eigenvalue weighted by molar-refractivity contribution is 9.10. The average Bonchev–Trinajstić information content (AvgIpc) is 2.76. The van der Waals surface area contributed by atoms with E-state index in [4.69, 9.17) is 0 Å². The molecule has 31 heavy (non-hydrogen) atoms. The van der Waals surface area contributed by atoms with E-state index in [1.165, 1.54) is 15.4 Å². The quantitative estimate of drug-likeness (QED) is 0.629. The molecule has 0 spiro atoms. The monoisotopic (exact) mass is 486 g/mol. The van der Waals surface area contributed by atoms with Crippen LogP contribution in [0.15, 0.2) is 59.1 Å². The summed E-state index contributed by atoms with van der Waals surface area (Å²) in [5.41, 5.74) is 1.89. The number of anilines is 1. The van der Waals surface area contributed by atoms with Gasteiger partial charge >= 0.3 is 6.03 Å². The van der Waals surface area contributed by atoms with Crippen LogP contribution in [0, 0.1) is 0 Å². The second-order valence-corrected chi connectivity index (χ2v) is 8.58. The Hall–Kier alpha value is -2.87. The lowest BCUT2D eigenvalue weighted by Crippen LogP contribution is -2.55. The smallest absolute Gasteiger partial charge is 0.322 e. The highest BCUT2D eigenvalue weighted by Crippen LogP contribution is 2.15. The Morgan fingerprint density at radius 1 is 1.06 bits per heavy atom. The Kier molecular flexibility index (Phi) is 8.06. The van der Waals surface area contributed by atoms with Crippen molar-refractivity contribution in [3.63, 3.8) is 0 Å². The van der Waals surface area contributed by atoms with Crippen molar-refractivity contribution >= 4 is 39.5 Å². The number of nitrogens with zero attached hydrogens (tertiary/aromatic N) is 2. The second-order valence-electron chi connectivity index (χ2n) is 7.67. The van der Waals surface area contributed by atoms with E-state index in [0.29, 0.717) is 18.8 Å². The van der Waals surface area contributed by atoms with Crippen molar-refractivity contribution in [2.24, 2.45) is 0 Å². The Morgan fingerprint density at radius 2 is 1.77 bits per heavy atom. The standard InChI is InChI=1S/C23H27BrN4O3/c1-17(7-8-18-5-3-2-4-6-18)25-21(29)15-27-13-14-28(16-22(27)30)23(31)26-20-11-9-19(24)10-12-20/h2-6,9-12,17H,7-8,13-16H2,1H3,(H,25,29)(H,26,31)/t17-/m0/s1. The van der Waals surface area contributed by atoms with E-state index in [-0.39, 0.29) is 37.0 Å². The number of hydrogen-bond acceptors (Lipinski definition) is 3. The minimum absolute atomic E-state index is 0.0106. The maximum absolute atomic E-state index is 12.5. The molecule has 0 aromatic heterocycles. The van der Waals surface area contributed by atoms with E-state index >= 15 is 0 Å². The van der Waals surface area contributed by atoms with Crippen molar-refractivity contribution in [3.05, 3.63) is 64.6 Å². The summed E-state index contributed by atoms with van der Waals surface area (Å²) >= 11 is 3.35. The van der Waals surface area contributed by atoms with Gasteiger partial charge in [0.1, 0.15) is 6.54 Å². The fourth-order valence-corrected chi connectivity index (χ4v) is 3.64. The number of carbonyl (C=O) groups is 3. The molecular weight excluding hydrogens is 460 g/mol. The third-order valence-electron chi connectivity index (χ3n) is 5.15. The van der Waals surface area contributed by atoms with Gasteiger partial charge in [0.05, 0.1) is 6.54 Å². The van der Waals surface area contributed by atoms with Gasteiger partial charge in [-0.15, -0.1) is 0 Å². The van der Waals surface area contributed by atoms with Gasteiger partial charge in [0.15, 0.2) is 0 Å². The first-order chi connectivity index (χ1) is 14.9. The molecule has 2 aromatic rings. The van der Waals surface area contributed by atoms with Gasteiger partial charge in [0, 0.05) is 29.3 Å². The largest absolute Gasteiger partial charge is 0.352 e. The Morgan fingerprint density at radius 3 is 2.45 bits per heavy atom. The third-order valence-corrected chi connectivity index (χ3v) is 5.68. The van der Waals surface area contributed by atoms with Crippen LogP contribution >= 0.6 is 15.9 Å². The van der Waals surface area contributed by atoms with E-state index < -0.39 is 0 Å².